The van der Waals surface area contributed by atoms with Crippen molar-refractivity contribution in [1.82, 2.24) is 9.55 Å². The van der Waals surface area contributed by atoms with Crippen LogP contribution in [0.2, 0.25) is 0 Å². The van der Waals surface area contributed by atoms with Gasteiger partial charge in [-0.3, -0.25) is 14.2 Å². The minimum atomic E-state index is -0.883. The number of carboxylic acid groups (broad SMARTS) is 1. The quantitative estimate of drug-likeness (QED) is 0.540. The molecule has 0 atom stereocenters. The number of para-hydroxylation sites is 1. The summed E-state index contributed by atoms with van der Waals surface area (Å²) < 4.78 is 6.66. The van der Waals surface area contributed by atoms with Crippen LogP contribution in [0.4, 0.5) is 0 Å². The van der Waals surface area contributed by atoms with E-state index >= 15 is 0 Å². The second-order valence-corrected chi connectivity index (χ2v) is 6.30. The van der Waals surface area contributed by atoms with E-state index in [0.29, 0.717) is 33.2 Å². The lowest BCUT2D eigenvalue weighted by Gasteiger charge is -2.13. The number of nitrogens with zero attached hydrogens (tertiary/aromatic N) is 2. The first-order valence-corrected chi connectivity index (χ1v) is 8.59. The van der Waals surface area contributed by atoms with Crippen LogP contribution < -0.4 is 10.3 Å². The van der Waals surface area contributed by atoms with Gasteiger partial charge in [-0.05, 0) is 36.4 Å². The number of carbonyl (C=O) groups is 1. The number of aromatic nitrogens is 2. The Morgan fingerprint density at radius 3 is 2.60 bits per heavy atom. The molecule has 0 aliphatic carbocycles. The minimum Gasteiger partial charge on any atom is -0.497 e. The summed E-state index contributed by atoms with van der Waals surface area (Å²) in [7, 11) is 1.58. The van der Waals surface area contributed by atoms with Crippen molar-refractivity contribution < 1.29 is 14.6 Å². The third-order valence-corrected chi connectivity index (χ3v) is 4.56. The molecular formula is C18H16N2O4S. The summed E-state index contributed by atoms with van der Waals surface area (Å²) in [6.07, 6.45) is -0.00399. The van der Waals surface area contributed by atoms with Gasteiger partial charge in [0.1, 0.15) is 5.75 Å². The SMILES string of the molecule is COc1ccc(-n2c(SCCC(=O)O)nc3ccccc3c2=O)cc1. The van der Waals surface area contributed by atoms with Gasteiger partial charge in [0.2, 0.25) is 0 Å². The number of hydrogen-bond donors (Lipinski definition) is 1. The van der Waals surface area contributed by atoms with Gasteiger partial charge in [0.15, 0.2) is 5.16 Å². The molecule has 6 nitrogen and oxygen atoms in total. The van der Waals surface area contributed by atoms with Crippen molar-refractivity contribution in [2.45, 2.75) is 11.6 Å². The highest BCUT2D eigenvalue weighted by Gasteiger charge is 2.13. The van der Waals surface area contributed by atoms with Gasteiger partial charge in [-0.25, -0.2) is 4.98 Å². The van der Waals surface area contributed by atoms with Gasteiger partial charge in [-0.15, -0.1) is 0 Å². The summed E-state index contributed by atoms with van der Waals surface area (Å²) in [4.78, 5) is 28.3. The first-order valence-electron chi connectivity index (χ1n) is 7.61. The molecule has 2 aromatic carbocycles. The van der Waals surface area contributed by atoms with Crippen LogP contribution >= 0.6 is 11.8 Å². The van der Waals surface area contributed by atoms with E-state index in [1.54, 1.807) is 49.6 Å². The number of benzene rings is 2. The third kappa shape index (κ3) is 3.66. The summed E-state index contributed by atoms with van der Waals surface area (Å²) in [5, 5.41) is 9.83. The lowest BCUT2D eigenvalue weighted by molar-refractivity contribution is -0.136. The molecule has 0 aliphatic heterocycles. The van der Waals surface area contributed by atoms with Crippen LogP contribution in [0.15, 0.2) is 58.5 Å². The van der Waals surface area contributed by atoms with Crippen molar-refractivity contribution in [3.8, 4) is 11.4 Å². The number of aliphatic carboxylic acids is 1. The van der Waals surface area contributed by atoms with Gasteiger partial charge in [0, 0.05) is 5.75 Å². The Hall–Kier alpha value is -2.80. The Morgan fingerprint density at radius 2 is 1.92 bits per heavy atom. The van der Waals surface area contributed by atoms with Crippen molar-refractivity contribution >= 4 is 28.6 Å². The molecule has 0 bridgehead atoms. The maximum Gasteiger partial charge on any atom is 0.304 e. The van der Waals surface area contributed by atoms with Gasteiger partial charge in [-0.1, -0.05) is 23.9 Å². The fraction of sp³-hybridized carbons (Fsp3) is 0.167. The average Bonchev–Trinajstić information content (AvgIpc) is 2.62. The fourth-order valence-electron chi connectivity index (χ4n) is 2.40. The zero-order valence-corrected chi connectivity index (χ0v) is 14.3. The topological polar surface area (TPSA) is 81.4 Å². The molecule has 1 heterocycles. The molecule has 1 N–H and O–H groups in total. The highest BCUT2D eigenvalue weighted by molar-refractivity contribution is 7.99. The molecule has 7 heteroatoms. The van der Waals surface area contributed by atoms with Crippen LogP contribution in [0.3, 0.4) is 0 Å². The van der Waals surface area contributed by atoms with Gasteiger partial charge in [-0.2, -0.15) is 0 Å². The van der Waals surface area contributed by atoms with Crippen molar-refractivity contribution in [1.29, 1.82) is 0 Å². The lowest BCUT2D eigenvalue weighted by atomic mass is 10.2. The predicted molar refractivity (Wildman–Crippen MR) is 96.9 cm³/mol. The average molecular weight is 356 g/mol. The van der Waals surface area contributed by atoms with Crippen LogP contribution in [0.1, 0.15) is 6.42 Å². The molecule has 0 fully saturated rings. The zero-order valence-electron chi connectivity index (χ0n) is 13.5. The van der Waals surface area contributed by atoms with Gasteiger partial charge >= 0.3 is 5.97 Å². The number of hydrogen-bond acceptors (Lipinski definition) is 5. The number of fused-ring (bicyclic) bond motifs is 1. The van der Waals surface area contributed by atoms with Crippen molar-refractivity contribution in [2.24, 2.45) is 0 Å². The first kappa shape index (κ1) is 17.0. The Labute approximate surface area is 148 Å². The molecule has 1 aromatic heterocycles. The standard InChI is InChI=1S/C18H16N2O4S/c1-24-13-8-6-12(7-9-13)20-17(23)14-4-2-3-5-15(14)19-18(20)25-11-10-16(21)22/h2-9H,10-11H2,1H3,(H,21,22). The predicted octanol–water partition coefficient (Wildman–Crippen LogP) is 2.96. The van der Waals surface area contributed by atoms with E-state index in [9.17, 15) is 9.59 Å². The van der Waals surface area contributed by atoms with Crippen LogP contribution in [0.5, 0.6) is 5.75 Å². The normalized spacial score (nSPS) is 10.8. The molecular weight excluding hydrogens is 340 g/mol. The second kappa shape index (κ2) is 7.40. The third-order valence-electron chi connectivity index (χ3n) is 3.62. The first-order chi connectivity index (χ1) is 12.1. The van der Waals surface area contributed by atoms with E-state index in [2.05, 4.69) is 4.98 Å². The van der Waals surface area contributed by atoms with Crippen molar-refractivity contribution in [3.05, 3.63) is 58.9 Å². The van der Waals surface area contributed by atoms with Crippen LogP contribution in [0, 0.1) is 0 Å². The maximum atomic E-state index is 13.0. The molecule has 3 aromatic rings. The van der Waals surface area contributed by atoms with E-state index in [1.165, 1.54) is 16.3 Å². The van der Waals surface area contributed by atoms with E-state index in [-0.39, 0.29) is 12.0 Å². The van der Waals surface area contributed by atoms with E-state index < -0.39 is 5.97 Å². The lowest BCUT2D eigenvalue weighted by Crippen LogP contribution is -2.21. The van der Waals surface area contributed by atoms with Crippen LogP contribution in [-0.4, -0.2) is 33.5 Å². The number of rotatable bonds is 6. The number of ether oxygens (including phenoxy) is 1. The Bertz CT molecular complexity index is 967. The zero-order chi connectivity index (χ0) is 17.8. The number of thioether (sulfide) groups is 1. The van der Waals surface area contributed by atoms with Gasteiger partial charge in [0.25, 0.3) is 5.56 Å². The van der Waals surface area contributed by atoms with Gasteiger partial charge in [0.05, 0.1) is 30.1 Å². The summed E-state index contributed by atoms with van der Waals surface area (Å²) in [5.41, 5.74) is 1.06. The molecule has 0 saturated carbocycles. The van der Waals surface area contributed by atoms with E-state index in [4.69, 9.17) is 9.84 Å². The Balaban J connectivity index is 2.13. The summed E-state index contributed by atoms with van der Waals surface area (Å²) in [5.74, 6) is 0.133. The molecule has 3 rings (SSSR count). The molecule has 0 aliphatic rings. The minimum absolute atomic E-state index is 0.00399. The summed E-state index contributed by atoms with van der Waals surface area (Å²) in [6.45, 7) is 0. The molecule has 128 valence electrons. The molecule has 0 unspecified atom stereocenters. The molecule has 0 spiro atoms. The fourth-order valence-corrected chi connectivity index (χ4v) is 3.34. The summed E-state index contributed by atoms with van der Waals surface area (Å²) >= 11 is 1.25. The molecule has 0 radical (unpaired) electrons. The van der Waals surface area contributed by atoms with Crippen LogP contribution in [0.25, 0.3) is 16.6 Å². The van der Waals surface area contributed by atoms with Crippen LogP contribution in [-0.2, 0) is 4.79 Å². The molecule has 0 saturated heterocycles. The molecule has 0 amide bonds. The van der Waals surface area contributed by atoms with E-state index in [0.717, 1.165) is 0 Å². The maximum absolute atomic E-state index is 13.0. The number of carboxylic acids is 1. The second-order valence-electron chi connectivity index (χ2n) is 5.24. The largest absolute Gasteiger partial charge is 0.497 e. The Kier molecular flexibility index (Phi) is 5.04. The monoisotopic (exact) mass is 356 g/mol. The highest BCUT2D eigenvalue weighted by atomic mass is 32.2. The molecule has 25 heavy (non-hydrogen) atoms. The van der Waals surface area contributed by atoms with E-state index in [1.807, 2.05) is 6.07 Å². The van der Waals surface area contributed by atoms with Gasteiger partial charge < -0.3 is 9.84 Å². The van der Waals surface area contributed by atoms with Crippen molar-refractivity contribution in [3.63, 3.8) is 0 Å². The number of methoxy groups -OCH3 is 1. The summed E-state index contributed by atoms with van der Waals surface area (Å²) in [6, 6.07) is 14.2. The Morgan fingerprint density at radius 1 is 1.20 bits per heavy atom. The van der Waals surface area contributed by atoms with Crippen molar-refractivity contribution in [2.75, 3.05) is 12.9 Å². The smallest absolute Gasteiger partial charge is 0.304 e. The highest BCUT2D eigenvalue weighted by Crippen LogP contribution is 2.23.